The summed E-state index contributed by atoms with van der Waals surface area (Å²) in [7, 11) is 0. The van der Waals surface area contributed by atoms with Crippen molar-refractivity contribution in [2.45, 2.75) is 26.3 Å². The first-order valence-corrected chi connectivity index (χ1v) is 7.89. The first-order chi connectivity index (χ1) is 11.0. The Balaban J connectivity index is 1.65. The topological polar surface area (TPSA) is 70.1 Å². The minimum absolute atomic E-state index is 0.0536. The lowest BCUT2D eigenvalue weighted by Crippen LogP contribution is -2.47. The summed E-state index contributed by atoms with van der Waals surface area (Å²) in [6, 6.07) is 3.80. The molecule has 0 radical (unpaired) electrons. The summed E-state index contributed by atoms with van der Waals surface area (Å²) in [5.74, 6) is 2.43. The third-order valence-electron chi connectivity index (χ3n) is 3.57. The molecule has 7 heteroatoms. The van der Waals surface area contributed by atoms with Gasteiger partial charge in [0.05, 0.1) is 0 Å². The quantitative estimate of drug-likeness (QED) is 0.926. The van der Waals surface area contributed by atoms with Crippen molar-refractivity contribution in [2.75, 3.05) is 41.3 Å². The normalized spacial score (nSPS) is 15.6. The third-order valence-corrected chi connectivity index (χ3v) is 3.57. The van der Waals surface area contributed by atoms with Gasteiger partial charge in [0.2, 0.25) is 11.9 Å². The molecule has 2 aromatic rings. The highest BCUT2D eigenvalue weighted by Crippen LogP contribution is 2.18. The molecule has 3 heterocycles. The summed E-state index contributed by atoms with van der Waals surface area (Å²) in [6.07, 6.45) is 5.37. The fourth-order valence-corrected chi connectivity index (χ4v) is 2.51. The molecule has 0 aliphatic carbocycles. The van der Waals surface area contributed by atoms with E-state index in [1.807, 2.05) is 18.3 Å². The van der Waals surface area contributed by atoms with Gasteiger partial charge in [0.15, 0.2) is 0 Å². The Labute approximate surface area is 136 Å². The predicted molar refractivity (Wildman–Crippen MR) is 91.9 cm³/mol. The van der Waals surface area contributed by atoms with Crippen LogP contribution in [0.4, 0.5) is 17.7 Å². The zero-order chi connectivity index (χ0) is 16.3. The van der Waals surface area contributed by atoms with Gasteiger partial charge in [-0.25, -0.2) is 15.0 Å². The molecule has 122 valence electrons. The predicted octanol–water partition coefficient (Wildman–Crippen LogP) is 1.80. The highest BCUT2D eigenvalue weighted by molar-refractivity contribution is 5.45. The number of aromatic nitrogens is 4. The molecule has 1 N–H and O–H groups in total. The highest BCUT2D eigenvalue weighted by atomic mass is 15.3. The number of hydrogen-bond donors (Lipinski definition) is 1. The van der Waals surface area contributed by atoms with Crippen molar-refractivity contribution in [1.82, 2.24) is 19.9 Å². The van der Waals surface area contributed by atoms with Crippen LogP contribution in [0, 0.1) is 0 Å². The molecular formula is C16H23N7. The molecule has 0 amide bonds. The van der Waals surface area contributed by atoms with Crippen LogP contribution < -0.4 is 15.1 Å². The van der Waals surface area contributed by atoms with Crippen molar-refractivity contribution in [3.63, 3.8) is 0 Å². The van der Waals surface area contributed by atoms with Crippen molar-refractivity contribution >= 4 is 17.7 Å². The SMILES string of the molecule is CC(C)(C)Nc1nccc(N2CCN(c3ncccn3)CC2)n1. The van der Waals surface area contributed by atoms with Crippen LogP contribution in [0.15, 0.2) is 30.7 Å². The van der Waals surface area contributed by atoms with Crippen LogP contribution >= 0.6 is 0 Å². The van der Waals surface area contributed by atoms with Gasteiger partial charge in [0.1, 0.15) is 5.82 Å². The number of rotatable bonds is 3. The fourth-order valence-electron chi connectivity index (χ4n) is 2.51. The number of nitrogens with zero attached hydrogens (tertiary/aromatic N) is 6. The van der Waals surface area contributed by atoms with Crippen LogP contribution in [-0.4, -0.2) is 51.7 Å². The van der Waals surface area contributed by atoms with E-state index in [4.69, 9.17) is 0 Å². The Bertz CT molecular complexity index is 630. The Hall–Kier alpha value is -2.44. The van der Waals surface area contributed by atoms with E-state index in [1.165, 1.54) is 0 Å². The summed E-state index contributed by atoms with van der Waals surface area (Å²) >= 11 is 0. The van der Waals surface area contributed by atoms with E-state index in [-0.39, 0.29) is 5.54 Å². The Morgan fingerprint density at radius 3 is 2.22 bits per heavy atom. The number of hydrogen-bond acceptors (Lipinski definition) is 7. The summed E-state index contributed by atoms with van der Waals surface area (Å²) in [4.78, 5) is 22.0. The van der Waals surface area contributed by atoms with E-state index in [0.717, 1.165) is 37.9 Å². The molecule has 1 saturated heterocycles. The molecule has 0 atom stereocenters. The van der Waals surface area contributed by atoms with Crippen molar-refractivity contribution in [3.05, 3.63) is 30.7 Å². The van der Waals surface area contributed by atoms with Gasteiger partial charge in [0, 0.05) is 50.3 Å². The van der Waals surface area contributed by atoms with E-state index in [1.54, 1.807) is 12.4 Å². The Morgan fingerprint density at radius 1 is 0.913 bits per heavy atom. The fraction of sp³-hybridized carbons (Fsp3) is 0.500. The molecule has 0 spiro atoms. The maximum atomic E-state index is 4.63. The molecule has 0 unspecified atom stereocenters. The minimum atomic E-state index is -0.0536. The van der Waals surface area contributed by atoms with Gasteiger partial charge in [-0.15, -0.1) is 0 Å². The Morgan fingerprint density at radius 2 is 1.57 bits per heavy atom. The van der Waals surface area contributed by atoms with E-state index < -0.39 is 0 Å². The van der Waals surface area contributed by atoms with E-state index in [2.05, 4.69) is 55.8 Å². The van der Waals surface area contributed by atoms with Gasteiger partial charge in [-0.3, -0.25) is 0 Å². The number of piperazine rings is 1. The molecule has 1 aliphatic rings. The van der Waals surface area contributed by atoms with Gasteiger partial charge in [-0.05, 0) is 32.9 Å². The van der Waals surface area contributed by atoms with Gasteiger partial charge in [-0.1, -0.05) is 0 Å². The first kappa shape index (κ1) is 15.5. The van der Waals surface area contributed by atoms with Crippen LogP contribution in [0.5, 0.6) is 0 Å². The summed E-state index contributed by atoms with van der Waals surface area (Å²) < 4.78 is 0. The third kappa shape index (κ3) is 4.06. The number of nitrogens with one attached hydrogen (secondary N) is 1. The van der Waals surface area contributed by atoms with Crippen molar-refractivity contribution in [2.24, 2.45) is 0 Å². The first-order valence-electron chi connectivity index (χ1n) is 7.89. The average Bonchev–Trinajstić information content (AvgIpc) is 2.55. The molecule has 2 aromatic heterocycles. The largest absolute Gasteiger partial charge is 0.353 e. The van der Waals surface area contributed by atoms with E-state index in [0.29, 0.717) is 5.95 Å². The van der Waals surface area contributed by atoms with Crippen molar-refractivity contribution in [3.8, 4) is 0 Å². The molecular weight excluding hydrogens is 290 g/mol. The molecule has 0 bridgehead atoms. The van der Waals surface area contributed by atoms with E-state index in [9.17, 15) is 0 Å². The number of anilines is 3. The van der Waals surface area contributed by atoms with Crippen LogP contribution in [0.3, 0.4) is 0 Å². The molecule has 23 heavy (non-hydrogen) atoms. The summed E-state index contributed by atoms with van der Waals surface area (Å²) in [6.45, 7) is 9.85. The van der Waals surface area contributed by atoms with Gasteiger partial charge in [-0.2, -0.15) is 4.98 Å². The van der Waals surface area contributed by atoms with Crippen LogP contribution in [-0.2, 0) is 0 Å². The lowest BCUT2D eigenvalue weighted by atomic mass is 10.1. The zero-order valence-corrected chi connectivity index (χ0v) is 13.9. The van der Waals surface area contributed by atoms with Crippen molar-refractivity contribution in [1.29, 1.82) is 0 Å². The van der Waals surface area contributed by atoms with Gasteiger partial charge in [0.25, 0.3) is 0 Å². The average molecular weight is 313 g/mol. The van der Waals surface area contributed by atoms with Crippen molar-refractivity contribution < 1.29 is 0 Å². The summed E-state index contributed by atoms with van der Waals surface area (Å²) in [5.41, 5.74) is -0.0536. The van der Waals surface area contributed by atoms with Crippen LogP contribution in [0.1, 0.15) is 20.8 Å². The highest BCUT2D eigenvalue weighted by Gasteiger charge is 2.20. The molecule has 1 fully saturated rings. The second-order valence-electron chi connectivity index (χ2n) is 6.64. The maximum Gasteiger partial charge on any atom is 0.225 e. The molecule has 0 saturated carbocycles. The molecule has 1 aliphatic heterocycles. The second kappa shape index (κ2) is 6.36. The smallest absolute Gasteiger partial charge is 0.225 e. The molecule has 3 rings (SSSR count). The zero-order valence-electron chi connectivity index (χ0n) is 13.9. The Kier molecular flexibility index (Phi) is 4.27. The van der Waals surface area contributed by atoms with Gasteiger partial charge < -0.3 is 15.1 Å². The monoisotopic (exact) mass is 313 g/mol. The van der Waals surface area contributed by atoms with Crippen LogP contribution in [0.2, 0.25) is 0 Å². The van der Waals surface area contributed by atoms with E-state index >= 15 is 0 Å². The second-order valence-corrected chi connectivity index (χ2v) is 6.64. The van der Waals surface area contributed by atoms with Gasteiger partial charge >= 0.3 is 0 Å². The lowest BCUT2D eigenvalue weighted by Gasteiger charge is -2.35. The molecule has 0 aromatic carbocycles. The van der Waals surface area contributed by atoms with Crippen LogP contribution in [0.25, 0.3) is 0 Å². The standard InChI is InChI=1S/C16H23N7/c1-16(2,3)21-14-17-8-5-13(20-14)22-9-11-23(12-10-22)15-18-6-4-7-19-15/h4-8H,9-12H2,1-3H3,(H,17,20,21). The lowest BCUT2D eigenvalue weighted by molar-refractivity contribution is 0.619. The summed E-state index contributed by atoms with van der Waals surface area (Å²) in [5, 5.41) is 3.32. The maximum absolute atomic E-state index is 4.63. The molecule has 7 nitrogen and oxygen atoms in total. The minimum Gasteiger partial charge on any atom is -0.353 e.